The lowest BCUT2D eigenvalue weighted by Gasteiger charge is -2.14. The molecule has 0 unspecified atom stereocenters. The van der Waals surface area contributed by atoms with Gasteiger partial charge < -0.3 is 0 Å². The lowest BCUT2D eigenvalue weighted by molar-refractivity contribution is 0.930. The van der Waals surface area contributed by atoms with E-state index in [1.165, 1.54) is 0 Å². The minimum atomic E-state index is 0.504. The van der Waals surface area contributed by atoms with E-state index in [9.17, 15) is 0 Å². The second-order valence-corrected chi connectivity index (χ2v) is 13.5. The highest BCUT2D eigenvalue weighted by Crippen LogP contribution is 2.15. The van der Waals surface area contributed by atoms with Crippen LogP contribution < -0.4 is 30.1 Å². The van der Waals surface area contributed by atoms with Crippen LogP contribution in [0, 0.1) is 0 Å². The van der Waals surface area contributed by atoms with Crippen molar-refractivity contribution in [3.63, 3.8) is 0 Å². The number of aromatic nitrogens is 12. The number of nitrogens with zero attached hydrogens (tertiary/aromatic N) is 24. The van der Waals surface area contributed by atoms with Gasteiger partial charge in [0.2, 0.25) is 0 Å². The Morgan fingerprint density at radius 2 is 0.500 bits per heavy atom. The molecule has 0 atom stereocenters. The fourth-order valence-corrected chi connectivity index (χ4v) is 5.06. The first-order chi connectivity index (χ1) is 32.2. The van der Waals surface area contributed by atoms with Gasteiger partial charge in [-0.1, -0.05) is 12.1 Å². The van der Waals surface area contributed by atoms with Crippen molar-refractivity contribution in [1.29, 1.82) is 0 Å². The lowest BCUT2D eigenvalue weighted by atomic mass is 10.4. The molecule has 24 nitrogen and oxygen atoms in total. The van der Waals surface area contributed by atoms with Crippen LogP contribution in [0.3, 0.4) is 0 Å². The largest absolute Gasteiger partial charge is 0.251 e. The van der Waals surface area contributed by atoms with Gasteiger partial charge in [-0.2, -0.15) is 30.6 Å². The van der Waals surface area contributed by atoms with Crippen molar-refractivity contribution < 1.29 is 0 Å². The Morgan fingerprint density at radius 1 is 0.273 bits per heavy atom. The summed E-state index contributed by atoms with van der Waals surface area (Å²) in [6.07, 6.45) is 28.8. The van der Waals surface area contributed by atoms with Crippen LogP contribution in [0.2, 0.25) is 0 Å². The summed E-state index contributed by atoms with van der Waals surface area (Å²) >= 11 is 0. The number of pyridine rings is 2. The highest BCUT2D eigenvalue weighted by atomic mass is 15.5. The molecule has 0 amide bonds. The van der Waals surface area contributed by atoms with E-state index >= 15 is 0 Å². The lowest BCUT2D eigenvalue weighted by Crippen LogP contribution is -2.15. The molecule has 330 valence electrons. The van der Waals surface area contributed by atoms with Crippen molar-refractivity contribution in [3.05, 3.63) is 145 Å². The van der Waals surface area contributed by atoms with E-state index in [1.54, 1.807) is 184 Å². The minimum Gasteiger partial charge on any atom is -0.251 e. The molecule has 0 spiro atoms. The maximum Gasteiger partial charge on any atom is 0.167 e. The normalized spacial score (nSPS) is 11.7. The summed E-state index contributed by atoms with van der Waals surface area (Å²) in [5.74, 6) is 3.45. The third kappa shape index (κ3) is 12.8. The average Bonchev–Trinajstić information content (AvgIpc) is 3.38. The molecule has 0 aliphatic carbocycles. The number of anilines is 6. The van der Waals surface area contributed by atoms with Crippen LogP contribution in [0.1, 0.15) is 34.2 Å². The minimum absolute atomic E-state index is 0.504. The summed E-state index contributed by atoms with van der Waals surface area (Å²) in [6.45, 7) is 0. The molecule has 0 fully saturated rings. The van der Waals surface area contributed by atoms with Crippen molar-refractivity contribution in [1.82, 2.24) is 59.8 Å². The molecular formula is C42H42N24. The topological polar surface area (TPSA) is 248 Å². The van der Waals surface area contributed by atoms with Crippen molar-refractivity contribution in [2.75, 3.05) is 72.3 Å². The maximum atomic E-state index is 4.46. The fraction of sp³-hybridized carbons (Fsp3) is 0.143. The second-order valence-electron chi connectivity index (χ2n) is 13.5. The second kappa shape index (κ2) is 22.0. The van der Waals surface area contributed by atoms with Gasteiger partial charge >= 0.3 is 0 Å². The van der Waals surface area contributed by atoms with E-state index < -0.39 is 0 Å². The first kappa shape index (κ1) is 44.6. The van der Waals surface area contributed by atoms with Gasteiger partial charge in [0.15, 0.2) is 23.3 Å². The van der Waals surface area contributed by atoms with Gasteiger partial charge in [-0.15, -0.1) is 0 Å². The molecule has 0 bridgehead atoms. The van der Waals surface area contributed by atoms with Gasteiger partial charge in [0, 0.05) is 54.7 Å². The summed E-state index contributed by atoms with van der Waals surface area (Å²) in [6, 6.07) is 11.2. The summed E-state index contributed by atoms with van der Waals surface area (Å²) < 4.78 is 0. The van der Waals surface area contributed by atoms with Gasteiger partial charge in [0.1, 0.15) is 45.8 Å². The quantitative estimate of drug-likeness (QED) is 0.0886. The summed E-state index contributed by atoms with van der Waals surface area (Å²) in [5.41, 5.74) is 3.34. The Bertz CT molecular complexity index is 2570. The smallest absolute Gasteiger partial charge is 0.167 e. The zero-order valence-electron chi connectivity index (χ0n) is 36.6. The zero-order valence-corrected chi connectivity index (χ0v) is 36.6. The molecule has 0 N–H and O–H groups in total. The molecule has 0 aromatic carbocycles. The van der Waals surface area contributed by atoms with Gasteiger partial charge in [-0.25, -0.2) is 49.9 Å². The molecular weight excluding hydrogens is 841 g/mol. The Balaban J connectivity index is 0.841. The zero-order chi connectivity index (χ0) is 46.1. The highest BCUT2D eigenvalue weighted by molar-refractivity contribution is 5.82. The monoisotopic (exact) mass is 882 g/mol. The summed E-state index contributed by atoms with van der Waals surface area (Å²) in [7, 11) is 10.6. The number of hydrogen-bond donors (Lipinski definition) is 0. The van der Waals surface area contributed by atoms with Crippen LogP contribution in [-0.4, -0.2) is 139 Å². The highest BCUT2D eigenvalue weighted by Gasteiger charge is 2.08. The van der Waals surface area contributed by atoms with Gasteiger partial charge in [0.25, 0.3) is 0 Å². The van der Waals surface area contributed by atoms with Crippen molar-refractivity contribution >= 4 is 72.2 Å². The van der Waals surface area contributed by atoms with Crippen LogP contribution in [0.25, 0.3) is 0 Å². The fourth-order valence-electron chi connectivity index (χ4n) is 5.06. The Morgan fingerprint density at radius 3 is 0.682 bits per heavy atom. The van der Waals surface area contributed by atoms with E-state index in [2.05, 4.69) is 90.4 Å². The Kier molecular flexibility index (Phi) is 14.9. The van der Waals surface area contributed by atoms with Gasteiger partial charge in [0.05, 0.1) is 99.3 Å². The van der Waals surface area contributed by atoms with Crippen molar-refractivity contribution in [3.8, 4) is 0 Å². The van der Waals surface area contributed by atoms with Gasteiger partial charge in [-0.3, -0.25) is 39.9 Å². The molecule has 0 aliphatic rings. The van der Waals surface area contributed by atoms with Gasteiger partial charge in [-0.05, 0) is 24.3 Å². The Hall–Kier alpha value is -9.48. The Labute approximate surface area is 379 Å². The number of hydrazone groups is 6. The summed E-state index contributed by atoms with van der Waals surface area (Å²) in [5, 5.41) is 35.9. The molecule has 0 saturated heterocycles. The maximum absolute atomic E-state index is 4.46. The SMILES string of the molecule is CN(/N=C/c1cnc(/C=N/N(C)c2cnc(N(C)/N=C/c3cnc(/C=N/N(C)c4cnc(N(C)/N=C/c5cnc(/C=N/N(C)c6ccccn6)cn5)cn4)cn3)cn2)cn1)c1ccccn1. The standard InChI is InChI=1S/C42H42N24/c1-61(37-11-7-9-13-43-37)55-21-31-15-47-33(17-45-31)23-57-63(3)39-27-53-41(29-51-39)65(5)59-25-35-19-50-36(20-49-35)26-60-66(6)42-30-52-40(28-54-42)64(4)58-24-34-18-46-32(16-48-34)22-56-62(2)38-12-8-10-14-44-38/h7-30H,1-6H3/b55-21+,56-22+,57-23+,58-24+,59-25+,60-26+. The molecule has 66 heavy (non-hydrogen) atoms. The van der Waals surface area contributed by atoms with Crippen LogP contribution in [0.5, 0.6) is 0 Å². The van der Waals surface area contributed by atoms with Crippen LogP contribution >= 0.6 is 0 Å². The van der Waals surface area contributed by atoms with E-state index in [-0.39, 0.29) is 0 Å². The van der Waals surface area contributed by atoms with E-state index in [0.717, 1.165) is 0 Å². The third-order valence-corrected chi connectivity index (χ3v) is 8.79. The average molecular weight is 883 g/mol. The first-order valence-electron chi connectivity index (χ1n) is 19.8. The molecule has 7 aromatic rings. The van der Waals surface area contributed by atoms with E-state index in [1.807, 2.05) is 36.4 Å². The van der Waals surface area contributed by atoms with Crippen molar-refractivity contribution in [2.24, 2.45) is 30.6 Å². The van der Waals surface area contributed by atoms with E-state index in [0.29, 0.717) is 69.1 Å². The molecule has 0 saturated carbocycles. The first-order valence-corrected chi connectivity index (χ1v) is 19.8. The van der Waals surface area contributed by atoms with Crippen LogP contribution in [0.4, 0.5) is 34.9 Å². The molecule has 7 rings (SSSR count). The number of hydrogen-bond acceptors (Lipinski definition) is 24. The number of rotatable bonds is 18. The third-order valence-electron chi connectivity index (χ3n) is 8.79. The van der Waals surface area contributed by atoms with Crippen molar-refractivity contribution in [2.45, 2.75) is 0 Å². The molecule has 7 aromatic heterocycles. The molecule has 24 heteroatoms. The van der Waals surface area contributed by atoms with Crippen LogP contribution in [-0.2, 0) is 0 Å². The predicted octanol–water partition coefficient (Wildman–Crippen LogP) is 3.25. The van der Waals surface area contributed by atoms with Crippen LogP contribution in [0.15, 0.2) is 141 Å². The van der Waals surface area contributed by atoms with E-state index in [4.69, 9.17) is 0 Å². The molecule has 0 radical (unpaired) electrons. The molecule has 0 aliphatic heterocycles. The predicted molar refractivity (Wildman–Crippen MR) is 255 cm³/mol. The molecule has 7 heterocycles. The summed E-state index contributed by atoms with van der Waals surface area (Å²) in [4.78, 5) is 52.7.